The van der Waals surface area contributed by atoms with Gasteiger partial charge in [0.2, 0.25) is 0 Å². The maximum Gasteiger partial charge on any atom is 0.0903 e. The van der Waals surface area contributed by atoms with Gasteiger partial charge in [-0.2, -0.15) is 5.10 Å². The van der Waals surface area contributed by atoms with E-state index in [2.05, 4.69) is 10.1 Å². The van der Waals surface area contributed by atoms with Gasteiger partial charge in [-0.3, -0.25) is 4.98 Å². The minimum atomic E-state index is -0.535. The number of methoxy groups -OCH3 is 1. The van der Waals surface area contributed by atoms with Gasteiger partial charge in [0, 0.05) is 31.7 Å². The molecule has 0 aromatic carbocycles. The molecule has 2 heterocycles. The van der Waals surface area contributed by atoms with Crippen molar-refractivity contribution in [1.82, 2.24) is 14.6 Å². The Bertz CT molecular complexity index is 483. The number of hydrogen-bond donors (Lipinski definition) is 1. The van der Waals surface area contributed by atoms with Gasteiger partial charge in [-0.05, 0) is 12.3 Å². The second-order valence-corrected chi connectivity index (χ2v) is 4.21. The van der Waals surface area contributed by atoms with Crippen LogP contribution in [0.3, 0.4) is 0 Å². The molecule has 0 amide bonds. The Balaban J connectivity index is 2.21. The lowest BCUT2D eigenvalue weighted by molar-refractivity contribution is 0.0896. The van der Waals surface area contributed by atoms with Gasteiger partial charge in [0.15, 0.2) is 0 Å². The van der Waals surface area contributed by atoms with Gasteiger partial charge < -0.3 is 9.84 Å². The highest BCUT2D eigenvalue weighted by Crippen LogP contribution is 2.27. The van der Waals surface area contributed by atoms with Crippen molar-refractivity contribution in [1.29, 1.82) is 0 Å². The highest BCUT2D eigenvalue weighted by molar-refractivity contribution is 5.52. The molecule has 2 aromatic rings. The van der Waals surface area contributed by atoms with Crippen molar-refractivity contribution >= 4 is 5.52 Å². The van der Waals surface area contributed by atoms with Crippen LogP contribution in [0.1, 0.15) is 25.0 Å². The van der Waals surface area contributed by atoms with Gasteiger partial charge >= 0.3 is 0 Å². The number of aliphatic hydroxyl groups excluding tert-OH is 1. The van der Waals surface area contributed by atoms with Crippen LogP contribution in [-0.2, 0) is 4.74 Å². The predicted molar refractivity (Wildman–Crippen MR) is 63.6 cm³/mol. The Morgan fingerprint density at radius 1 is 1.47 bits per heavy atom. The number of aromatic nitrogens is 3. The zero-order valence-electron chi connectivity index (χ0n) is 10.1. The molecule has 0 spiro atoms. The van der Waals surface area contributed by atoms with Gasteiger partial charge in [-0.15, -0.1) is 0 Å². The van der Waals surface area contributed by atoms with E-state index in [0.717, 1.165) is 17.5 Å². The maximum absolute atomic E-state index is 10.3. The van der Waals surface area contributed by atoms with Crippen LogP contribution in [0, 0.1) is 5.92 Å². The van der Waals surface area contributed by atoms with Gasteiger partial charge in [-0.25, -0.2) is 4.52 Å². The largest absolute Gasteiger partial charge is 0.388 e. The third-order valence-electron chi connectivity index (χ3n) is 2.99. The number of ether oxygens (including phenoxy) is 1. The fraction of sp³-hybridized carbons (Fsp3) is 0.500. The molecule has 5 heteroatoms. The highest BCUT2D eigenvalue weighted by Gasteiger charge is 2.20. The summed E-state index contributed by atoms with van der Waals surface area (Å²) in [5, 5.41) is 14.5. The van der Waals surface area contributed by atoms with Crippen molar-refractivity contribution in [2.45, 2.75) is 19.4 Å². The fourth-order valence-corrected chi connectivity index (χ4v) is 1.85. The van der Waals surface area contributed by atoms with Gasteiger partial charge in [0.1, 0.15) is 0 Å². The van der Waals surface area contributed by atoms with E-state index < -0.39 is 6.10 Å². The molecule has 2 atom stereocenters. The Labute approximate surface area is 100 Å². The van der Waals surface area contributed by atoms with Gasteiger partial charge in [0.25, 0.3) is 0 Å². The lowest BCUT2D eigenvalue weighted by Gasteiger charge is -2.17. The van der Waals surface area contributed by atoms with Gasteiger partial charge in [-0.1, -0.05) is 6.92 Å². The standard InChI is InChI=1S/C12H17N3O2/c1-9(3-6-17-2)12(16)10-7-14-15-5-4-13-8-11(10)15/h4-5,7-9,12,16H,3,6H2,1-2H3. The first-order valence-electron chi connectivity index (χ1n) is 5.68. The van der Waals surface area contributed by atoms with Gasteiger partial charge in [0.05, 0.1) is 24.0 Å². The lowest BCUT2D eigenvalue weighted by Crippen LogP contribution is -2.11. The van der Waals surface area contributed by atoms with E-state index in [0.29, 0.717) is 6.61 Å². The molecule has 5 nitrogen and oxygen atoms in total. The molecule has 0 saturated heterocycles. The molecule has 2 rings (SSSR count). The Morgan fingerprint density at radius 3 is 3.06 bits per heavy atom. The fourth-order valence-electron chi connectivity index (χ4n) is 1.85. The third-order valence-corrected chi connectivity index (χ3v) is 2.99. The first-order chi connectivity index (χ1) is 8.24. The van der Waals surface area contributed by atoms with Crippen molar-refractivity contribution in [2.24, 2.45) is 5.92 Å². The average molecular weight is 235 g/mol. The minimum absolute atomic E-state index is 0.128. The molecule has 0 fully saturated rings. The molecule has 0 aliphatic carbocycles. The monoisotopic (exact) mass is 235 g/mol. The van der Waals surface area contributed by atoms with Crippen molar-refractivity contribution in [2.75, 3.05) is 13.7 Å². The topological polar surface area (TPSA) is 59.7 Å². The van der Waals surface area contributed by atoms with Crippen molar-refractivity contribution in [3.05, 3.63) is 30.4 Å². The summed E-state index contributed by atoms with van der Waals surface area (Å²) in [6.07, 6.45) is 7.14. The number of rotatable bonds is 5. The van der Waals surface area contributed by atoms with Crippen molar-refractivity contribution in [3.63, 3.8) is 0 Å². The SMILES string of the molecule is COCCC(C)C(O)c1cnn2ccncc12. The smallest absolute Gasteiger partial charge is 0.0903 e. The van der Waals surface area contributed by atoms with Crippen LogP contribution in [0.15, 0.2) is 24.8 Å². The number of fused-ring (bicyclic) bond motifs is 1. The molecule has 0 aliphatic heterocycles. The van der Waals surface area contributed by atoms with Crippen LogP contribution >= 0.6 is 0 Å². The summed E-state index contributed by atoms with van der Waals surface area (Å²) < 4.78 is 6.74. The molecule has 2 unspecified atom stereocenters. The Morgan fingerprint density at radius 2 is 2.29 bits per heavy atom. The van der Waals surface area contributed by atoms with Crippen molar-refractivity contribution < 1.29 is 9.84 Å². The Hall–Kier alpha value is -1.46. The van der Waals surface area contributed by atoms with E-state index in [-0.39, 0.29) is 5.92 Å². The summed E-state index contributed by atoms with van der Waals surface area (Å²) in [5.41, 5.74) is 1.67. The van der Waals surface area contributed by atoms with E-state index in [1.54, 1.807) is 36.4 Å². The maximum atomic E-state index is 10.3. The summed E-state index contributed by atoms with van der Waals surface area (Å²) in [5.74, 6) is 0.128. The first-order valence-corrected chi connectivity index (χ1v) is 5.68. The number of hydrogen-bond acceptors (Lipinski definition) is 4. The van der Waals surface area contributed by atoms with E-state index in [1.807, 2.05) is 6.92 Å². The molecule has 2 aromatic heterocycles. The zero-order valence-corrected chi connectivity index (χ0v) is 10.1. The molecule has 0 saturated carbocycles. The predicted octanol–water partition coefficient (Wildman–Crippen LogP) is 1.44. The second-order valence-electron chi connectivity index (χ2n) is 4.21. The summed E-state index contributed by atoms with van der Waals surface area (Å²) in [6, 6.07) is 0. The number of nitrogens with zero attached hydrogens (tertiary/aromatic N) is 3. The highest BCUT2D eigenvalue weighted by atomic mass is 16.5. The number of aliphatic hydroxyl groups is 1. The molecule has 92 valence electrons. The first kappa shape index (κ1) is 12.0. The van der Waals surface area contributed by atoms with Crippen LogP contribution in [-0.4, -0.2) is 33.4 Å². The second kappa shape index (κ2) is 5.25. The molecule has 0 bridgehead atoms. The average Bonchev–Trinajstić information content (AvgIpc) is 2.78. The zero-order chi connectivity index (χ0) is 12.3. The summed E-state index contributed by atoms with van der Waals surface area (Å²) in [4.78, 5) is 4.05. The molecule has 1 N–H and O–H groups in total. The summed E-state index contributed by atoms with van der Waals surface area (Å²) >= 11 is 0. The molecule has 0 radical (unpaired) electrons. The molecule has 0 aliphatic rings. The van der Waals surface area contributed by atoms with E-state index in [9.17, 15) is 5.11 Å². The van der Waals surface area contributed by atoms with Crippen LogP contribution in [0.25, 0.3) is 5.52 Å². The van der Waals surface area contributed by atoms with Crippen LogP contribution < -0.4 is 0 Å². The molecule has 17 heavy (non-hydrogen) atoms. The molecular weight excluding hydrogens is 218 g/mol. The van der Waals surface area contributed by atoms with E-state index >= 15 is 0 Å². The van der Waals surface area contributed by atoms with Crippen LogP contribution in [0.4, 0.5) is 0 Å². The van der Waals surface area contributed by atoms with E-state index in [1.165, 1.54) is 0 Å². The van der Waals surface area contributed by atoms with E-state index in [4.69, 9.17) is 4.74 Å². The normalized spacial score (nSPS) is 15.0. The van der Waals surface area contributed by atoms with Crippen molar-refractivity contribution in [3.8, 4) is 0 Å². The lowest BCUT2D eigenvalue weighted by atomic mass is 9.96. The Kier molecular flexibility index (Phi) is 3.71. The molecular formula is C12H17N3O2. The summed E-state index contributed by atoms with van der Waals surface area (Å²) in [6.45, 7) is 2.65. The van der Waals surface area contributed by atoms with Crippen LogP contribution in [0.5, 0.6) is 0 Å². The third kappa shape index (κ3) is 2.45. The van der Waals surface area contributed by atoms with Crippen LogP contribution in [0.2, 0.25) is 0 Å². The minimum Gasteiger partial charge on any atom is -0.388 e. The summed E-state index contributed by atoms with van der Waals surface area (Å²) in [7, 11) is 1.67. The quantitative estimate of drug-likeness (QED) is 0.851.